The third-order valence-corrected chi connectivity index (χ3v) is 10.3. The lowest BCUT2D eigenvalue weighted by molar-refractivity contribution is -0.199. The van der Waals surface area contributed by atoms with Crippen molar-refractivity contribution >= 4 is 24.9 Å². The number of aryl methyl sites for hydroxylation is 1. The number of carbonyl (C=O) groups is 3. The van der Waals surface area contributed by atoms with Gasteiger partial charge in [0, 0.05) is 19.8 Å². The monoisotopic (exact) mass is 567 g/mol. The Kier molecular flexibility index (Phi) is 8.83. The summed E-state index contributed by atoms with van der Waals surface area (Å²) in [6.07, 6.45) is 5.03. The molecule has 3 aliphatic carbocycles. The molecule has 41 heavy (non-hydrogen) atoms. The van der Waals surface area contributed by atoms with Gasteiger partial charge in [0.15, 0.2) is 0 Å². The summed E-state index contributed by atoms with van der Waals surface area (Å²) in [5.74, 6) is -0.122. The fourth-order valence-corrected chi connectivity index (χ4v) is 7.75. The summed E-state index contributed by atoms with van der Waals surface area (Å²) in [6.45, 7) is 9.04. The smallest absolute Gasteiger partial charge is 0.460 e. The second-order valence-electron chi connectivity index (χ2n) is 13.3. The van der Waals surface area contributed by atoms with Crippen molar-refractivity contribution in [3.63, 3.8) is 0 Å². The number of amides is 2. The summed E-state index contributed by atoms with van der Waals surface area (Å²) < 4.78 is 18.9. The molecule has 9 nitrogen and oxygen atoms in total. The topological polar surface area (TPSA) is 120 Å². The highest BCUT2D eigenvalue weighted by molar-refractivity contribution is 6.47. The van der Waals surface area contributed by atoms with Crippen LogP contribution in [0.25, 0.3) is 0 Å². The number of nitrogens with zero attached hydrogens (tertiary/aromatic N) is 1. The number of nitrogens with two attached hydrogens (primary N) is 1. The fourth-order valence-electron chi connectivity index (χ4n) is 7.75. The second kappa shape index (κ2) is 12.1. The van der Waals surface area contributed by atoms with E-state index in [0.717, 1.165) is 31.2 Å². The zero-order chi connectivity index (χ0) is 29.4. The lowest BCUT2D eigenvalue weighted by Crippen LogP contribution is -2.65. The van der Waals surface area contributed by atoms with Gasteiger partial charge in [0.25, 0.3) is 0 Å². The first kappa shape index (κ1) is 30.0. The molecule has 7 atom stereocenters. The molecule has 6 rings (SSSR count). The summed E-state index contributed by atoms with van der Waals surface area (Å²) >= 11 is 0. The van der Waals surface area contributed by atoms with Gasteiger partial charge < -0.3 is 30.0 Å². The van der Waals surface area contributed by atoms with Crippen LogP contribution >= 0.6 is 0 Å². The van der Waals surface area contributed by atoms with Crippen LogP contribution in [0, 0.1) is 17.3 Å². The lowest BCUT2D eigenvalue weighted by Gasteiger charge is -2.64. The minimum absolute atomic E-state index is 0.0121. The Morgan fingerprint density at radius 3 is 2.59 bits per heavy atom. The van der Waals surface area contributed by atoms with Crippen LogP contribution in [0.1, 0.15) is 78.2 Å². The van der Waals surface area contributed by atoms with Crippen molar-refractivity contribution in [2.24, 2.45) is 23.0 Å². The van der Waals surface area contributed by atoms with Crippen molar-refractivity contribution < 1.29 is 28.4 Å². The lowest BCUT2D eigenvalue weighted by atomic mass is 9.43. The average Bonchev–Trinajstić information content (AvgIpc) is 3.52. The molecule has 5 aliphatic rings. The number of hydrogen-bond acceptors (Lipinski definition) is 7. The van der Waals surface area contributed by atoms with E-state index >= 15 is 0 Å². The average molecular weight is 568 g/mol. The molecule has 2 unspecified atom stereocenters. The van der Waals surface area contributed by atoms with Crippen molar-refractivity contribution in [1.82, 2.24) is 10.2 Å². The SMILES string of the molecule is CC(=O)N1C[C@H](OC(=O)CCc2ccccc2)C[C@H]1C(=O)N[C@H](CCCCN)B1O[C@@H]2CC3CC(C3(C)C)[C@]2(C)O1. The van der Waals surface area contributed by atoms with Gasteiger partial charge in [0.05, 0.1) is 24.2 Å². The van der Waals surface area contributed by atoms with Crippen LogP contribution in [-0.4, -0.2) is 72.7 Å². The molecule has 2 bridgehead atoms. The standard InChI is InChI=1S/C31H46BN3O6/c1-20(36)35-19-23(39-28(37)14-13-21-10-6-5-7-11-21)18-24(35)29(38)34-27(12-8-9-15-33)32-40-26-17-22-16-25(30(22,2)3)31(26,4)41-32/h5-7,10-11,22-27H,8-9,12-19,33H2,1-4H3,(H,34,38)/t22?,23-,24+,25?,26-,27-,31+/m1/s1. The van der Waals surface area contributed by atoms with Crippen LogP contribution in [0.3, 0.4) is 0 Å². The van der Waals surface area contributed by atoms with Crippen molar-refractivity contribution in [3.8, 4) is 0 Å². The summed E-state index contributed by atoms with van der Waals surface area (Å²) in [4.78, 5) is 40.3. The van der Waals surface area contributed by atoms with Gasteiger partial charge in [-0.15, -0.1) is 0 Å². The zero-order valence-electron chi connectivity index (χ0n) is 25.0. The molecule has 224 valence electrons. The molecule has 10 heteroatoms. The number of hydrogen-bond donors (Lipinski definition) is 2. The Bertz CT molecular complexity index is 1120. The first-order chi connectivity index (χ1) is 19.5. The number of unbranched alkanes of at least 4 members (excludes halogenated alkanes) is 1. The summed E-state index contributed by atoms with van der Waals surface area (Å²) in [7, 11) is -0.555. The molecule has 5 fully saturated rings. The van der Waals surface area contributed by atoms with E-state index in [0.29, 0.717) is 31.2 Å². The molecular weight excluding hydrogens is 521 g/mol. The minimum atomic E-state index is -0.720. The molecule has 0 aromatic heterocycles. The van der Waals surface area contributed by atoms with Crippen molar-refractivity contribution in [3.05, 3.63) is 35.9 Å². The third kappa shape index (κ3) is 6.06. The Morgan fingerprint density at radius 2 is 1.90 bits per heavy atom. The van der Waals surface area contributed by atoms with Crippen LogP contribution in [0.5, 0.6) is 0 Å². The Hall–Kier alpha value is -2.43. The quantitative estimate of drug-likeness (QED) is 0.240. The van der Waals surface area contributed by atoms with Gasteiger partial charge in [0.2, 0.25) is 11.8 Å². The number of rotatable bonds is 11. The van der Waals surface area contributed by atoms with Crippen LogP contribution in [0.2, 0.25) is 0 Å². The van der Waals surface area contributed by atoms with Gasteiger partial charge in [-0.25, -0.2) is 0 Å². The maximum absolute atomic E-state index is 13.7. The van der Waals surface area contributed by atoms with Crippen molar-refractivity contribution in [1.29, 1.82) is 0 Å². The predicted octanol–water partition coefficient (Wildman–Crippen LogP) is 3.03. The van der Waals surface area contributed by atoms with Crippen LogP contribution < -0.4 is 11.1 Å². The highest BCUT2D eigenvalue weighted by Gasteiger charge is 2.68. The van der Waals surface area contributed by atoms with E-state index in [1.165, 1.54) is 11.8 Å². The number of benzene rings is 1. The summed E-state index contributed by atoms with van der Waals surface area (Å²) in [5, 5.41) is 3.18. The zero-order valence-corrected chi connectivity index (χ0v) is 25.0. The predicted molar refractivity (Wildman–Crippen MR) is 155 cm³/mol. The maximum Gasteiger partial charge on any atom is 0.481 e. The molecule has 0 spiro atoms. The van der Waals surface area contributed by atoms with E-state index in [4.69, 9.17) is 19.8 Å². The normalized spacial score (nSPS) is 32.2. The van der Waals surface area contributed by atoms with Gasteiger partial charge >= 0.3 is 13.1 Å². The Balaban J connectivity index is 1.22. The van der Waals surface area contributed by atoms with Crippen molar-refractivity contribution in [2.75, 3.05) is 13.1 Å². The number of carbonyl (C=O) groups excluding carboxylic acids is 3. The second-order valence-corrected chi connectivity index (χ2v) is 13.3. The number of ether oxygens (including phenoxy) is 1. The number of likely N-dealkylation sites (tertiary alicyclic amines) is 1. The molecule has 3 saturated carbocycles. The third-order valence-electron chi connectivity index (χ3n) is 10.3. The van der Waals surface area contributed by atoms with Crippen LogP contribution in [0.4, 0.5) is 0 Å². The molecule has 2 aliphatic heterocycles. The first-order valence-corrected chi connectivity index (χ1v) is 15.4. The largest absolute Gasteiger partial charge is 0.481 e. The highest BCUT2D eigenvalue weighted by Crippen LogP contribution is 2.65. The summed E-state index contributed by atoms with van der Waals surface area (Å²) in [6, 6.07) is 9.04. The van der Waals surface area contributed by atoms with Gasteiger partial charge in [-0.05, 0) is 68.4 Å². The summed E-state index contributed by atoms with van der Waals surface area (Å²) in [5.41, 5.74) is 6.67. The van der Waals surface area contributed by atoms with Gasteiger partial charge in [0.1, 0.15) is 12.1 Å². The molecule has 0 radical (unpaired) electrons. The van der Waals surface area contributed by atoms with E-state index in [9.17, 15) is 14.4 Å². The number of nitrogens with one attached hydrogen (secondary N) is 1. The number of esters is 1. The Morgan fingerprint density at radius 1 is 1.15 bits per heavy atom. The molecule has 3 N–H and O–H groups in total. The van der Waals surface area contributed by atoms with E-state index < -0.39 is 19.3 Å². The molecule has 2 heterocycles. The molecule has 2 saturated heterocycles. The molecule has 1 aromatic rings. The van der Waals surface area contributed by atoms with Crippen LogP contribution in [-0.2, 0) is 34.9 Å². The van der Waals surface area contributed by atoms with E-state index in [1.807, 2.05) is 30.3 Å². The molecule has 2 amide bonds. The van der Waals surface area contributed by atoms with Gasteiger partial charge in [-0.1, -0.05) is 50.6 Å². The highest BCUT2D eigenvalue weighted by atomic mass is 16.7. The minimum Gasteiger partial charge on any atom is -0.460 e. The van der Waals surface area contributed by atoms with Gasteiger partial charge in [-0.3, -0.25) is 14.4 Å². The van der Waals surface area contributed by atoms with E-state index in [-0.39, 0.29) is 60.2 Å². The first-order valence-electron chi connectivity index (χ1n) is 15.4. The maximum atomic E-state index is 13.7. The van der Waals surface area contributed by atoms with Crippen LogP contribution in [0.15, 0.2) is 30.3 Å². The fraction of sp³-hybridized carbons (Fsp3) is 0.710. The molecule has 1 aromatic carbocycles. The van der Waals surface area contributed by atoms with E-state index in [2.05, 4.69) is 26.1 Å². The Labute approximate surface area is 244 Å². The van der Waals surface area contributed by atoms with E-state index in [1.54, 1.807) is 0 Å². The van der Waals surface area contributed by atoms with Gasteiger partial charge in [-0.2, -0.15) is 0 Å². The molecular formula is C31H46BN3O6. The van der Waals surface area contributed by atoms with Crippen molar-refractivity contribution in [2.45, 2.75) is 109 Å².